The number of carbonyl (C=O) groups excluding carboxylic acids is 1. The smallest absolute Gasteiger partial charge is 0.253 e. The lowest BCUT2D eigenvalue weighted by molar-refractivity contribution is 0.0746. The topological polar surface area (TPSA) is 49.3 Å². The van der Waals surface area contributed by atoms with Crippen molar-refractivity contribution in [1.82, 2.24) is 14.9 Å². The number of piperazine rings is 1. The molecule has 3 aromatic rings. The van der Waals surface area contributed by atoms with Crippen LogP contribution in [-0.2, 0) is 6.42 Å². The lowest BCUT2D eigenvalue weighted by atomic mass is 10.2. The van der Waals surface area contributed by atoms with Gasteiger partial charge >= 0.3 is 0 Å². The predicted octanol–water partition coefficient (Wildman–Crippen LogP) is 4.29. The molecule has 1 fully saturated rings. The van der Waals surface area contributed by atoms with Gasteiger partial charge in [-0.05, 0) is 43.7 Å². The largest absolute Gasteiger partial charge is 0.352 e. The van der Waals surface area contributed by atoms with Gasteiger partial charge in [0.1, 0.15) is 16.5 Å². The SMILES string of the molecule is CCc1cc2c(N3CCN(C(=O)c4ccc(Br)cc4)CC3)nc(C)nc2s1. The van der Waals surface area contributed by atoms with E-state index >= 15 is 0 Å². The number of nitrogens with zero attached hydrogens (tertiary/aromatic N) is 4. The van der Waals surface area contributed by atoms with E-state index in [1.54, 1.807) is 11.3 Å². The van der Waals surface area contributed by atoms with Gasteiger partial charge in [0.25, 0.3) is 5.91 Å². The van der Waals surface area contributed by atoms with Crippen LogP contribution in [-0.4, -0.2) is 47.0 Å². The zero-order valence-corrected chi connectivity index (χ0v) is 17.8. The molecule has 0 N–H and O–H groups in total. The summed E-state index contributed by atoms with van der Waals surface area (Å²) in [5.41, 5.74) is 0.734. The number of hydrogen-bond acceptors (Lipinski definition) is 5. The van der Waals surface area contributed by atoms with Crippen molar-refractivity contribution in [3.8, 4) is 0 Å². The van der Waals surface area contributed by atoms with Crippen LogP contribution in [0.15, 0.2) is 34.8 Å². The van der Waals surface area contributed by atoms with Crippen LogP contribution in [0.3, 0.4) is 0 Å². The number of amides is 1. The van der Waals surface area contributed by atoms with Crippen LogP contribution in [0.5, 0.6) is 0 Å². The Balaban J connectivity index is 1.52. The Morgan fingerprint density at radius 3 is 2.52 bits per heavy atom. The van der Waals surface area contributed by atoms with E-state index in [1.807, 2.05) is 36.1 Å². The van der Waals surface area contributed by atoms with Crippen LogP contribution in [0.4, 0.5) is 5.82 Å². The van der Waals surface area contributed by atoms with Crippen LogP contribution in [0.2, 0.25) is 0 Å². The highest BCUT2D eigenvalue weighted by molar-refractivity contribution is 9.10. The molecule has 0 spiro atoms. The molecule has 0 saturated carbocycles. The maximum atomic E-state index is 12.7. The van der Waals surface area contributed by atoms with Gasteiger partial charge in [0.2, 0.25) is 0 Å². The summed E-state index contributed by atoms with van der Waals surface area (Å²) < 4.78 is 0.981. The lowest BCUT2D eigenvalue weighted by Gasteiger charge is -2.35. The van der Waals surface area contributed by atoms with Crippen LogP contribution < -0.4 is 4.90 Å². The summed E-state index contributed by atoms with van der Waals surface area (Å²) in [6.07, 6.45) is 1.01. The van der Waals surface area contributed by atoms with Gasteiger partial charge in [-0.1, -0.05) is 22.9 Å². The first-order valence-corrected chi connectivity index (χ1v) is 10.7. The zero-order valence-electron chi connectivity index (χ0n) is 15.4. The summed E-state index contributed by atoms with van der Waals surface area (Å²) in [5, 5.41) is 1.13. The van der Waals surface area contributed by atoms with E-state index in [1.165, 1.54) is 4.88 Å². The summed E-state index contributed by atoms with van der Waals surface area (Å²) in [5.74, 6) is 1.90. The second kappa shape index (κ2) is 7.56. The van der Waals surface area contributed by atoms with E-state index < -0.39 is 0 Å². The second-order valence-electron chi connectivity index (χ2n) is 6.67. The molecule has 1 aliphatic rings. The standard InChI is InChI=1S/C20H21BrN4OS/c1-3-16-12-17-18(22-13(2)23-19(17)27-16)24-8-10-25(11-9-24)20(26)14-4-6-15(21)7-5-14/h4-7,12H,3,8-11H2,1-2H3. The normalized spacial score (nSPS) is 14.8. The first-order chi connectivity index (χ1) is 13.0. The molecule has 4 rings (SSSR count). The maximum absolute atomic E-state index is 12.7. The van der Waals surface area contributed by atoms with Crippen molar-refractivity contribution in [3.63, 3.8) is 0 Å². The Morgan fingerprint density at radius 2 is 1.85 bits per heavy atom. The number of fused-ring (bicyclic) bond motifs is 1. The minimum absolute atomic E-state index is 0.0926. The van der Waals surface area contributed by atoms with E-state index in [0.717, 1.165) is 51.4 Å². The first-order valence-electron chi connectivity index (χ1n) is 9.12. The third kappa shape index (κ3) is 3.71. The molecular formula is C20H21BrN4OS. The zero-order chi connectivity index (χ0) is 19.0. The fraction of sp³-hybridized carbons (Fsp3) is 0.350. The van der Waals surface area contributed by atoms with Gasteiger partial charge in [-0.2, -0.15) is 0 Å². The molecule has 27 heavy (non-hydrogen) atoms. The van der Waals surface area contributed by atoms with E-state index in [-0.39, 0.29) is 5.91 Å². The Kier molecular flexibility index (Phi) is 5.14. The molecule has 1 saturated heterocycles. The third-order valence-corrected chi connectivity index (χ3v) is 6.54. The van der Waals surface area contributed by atoms with Crippen molar-refractivity contribution >= 4 is 49.2 Å². The van der Waals surface area contributed by atoms with E-state index in [0.29, 0.717) is 13.1 Å². The molecule has 7 heteroatoms. The maximum Gasteiger partial charge on any atom is 0.253 e. The number of aromatic nitrogens is 2. The van der Waals surface area contributed by atoms with Crippen molar-refractivity contribution in [1.29, 1.82) is 0 Å². The van der Waals surface area contributed by atoms with Crippen molar-refractivity contribution in [3.05, 3.63) is 51.1 Å². The highest BCUT2D eigenvalue weighted by Gasteiger charge is 2.24. The molecule has 1 amide bonds. The van der Waals surface area contributed by atoms with Crippen LogP contribution >= 0.6 is 27.3 Å². The summed E-state index contributed by atoms with van der Waals surface area (Å²) in [6.45, 7) is 7.07. The molecule has 3 heterocycles. The van der Waals surface area contributed by atoms with E-state index in [4.69, 9.17) is 4.98 Å². The summed E-state index contributed by atoms with van der Waals surface area (Å²) in [4.78, 5) is 28.7. The molecule has 2 aromatic heterocycles. The quantitative estimate of drug-likeness (QED) is 0.604. The Morgan fingerprint density at radius 1 is 1.15 bits per heavy atom. The number of aryl methyl sites for hydroxylation is 2. The molecule has 0 aliphatic carbocycles. The summed E-state index contributed by atoms with van der Waals surface area (Å²) in [6, 6.07) is 9.77. The number of hydrogen-bond donors (Lipinski definition) is 0. The van der Waals surface area contributed by atoms with Crippen molar-refractivity contribution in [2.24, 2.45) is 0 Å². The van der Waals surface area contributed by atoms with Gasteiger partial charge in [0.15, 0.2) is 0 Å². The number of benzene rings is 1. The number of halogens is 1. The fourth-order valence-electron chi connectivity index (χ4n) is 3.37. The average Bonchev–Trinajstić information content (AvgIpc) is 3.10. The van der Waals surface area contributed by atoms with Gasteiger partial charge in [-0.3, -0.25) is 4.79 Å². The number of thiophene rings is 1. The molecule has 1 aliphatic heterocycles. The van der Waals surface area contributed by atoms with Gasteiger partial charge in [0.05, 0.1) is 5.39 Å². The van der Waals surface area contributed by atoms with Crippen molar-refractivity contribution in [2.75, 3.05) is 31.1 Å². The monoisotopic (exact) mass is 444 g/mol. The Hall–Kier alpha value is -1.99. The Bertz CT molecular complexity index is 978. The molecular weight excluding hydrogens is 424 g/mol. The minimum Gasteiger partial charge on any atom is -0.352 e. The number of rotatable bonds is 3. The Labute approximate surface area is 171 Å². The number of anilines is 1. The van der Waals surface area contributed by atoms with Gasteiger partial charge in [0, 0.05) is 41.1 Å². The first kappa shape index (κ1) is 18.4. The van der Waals surface area contributed by atoms with E-state index in [2.05, 4.69) is 38.8 Å². The lowest BCUT2D eigenvalue weighted by Crippen LogP contribution is -2.49. The summed E-state index contributed by atoms with van der Waals surface area (Å²) in [7, 11) is 0. The molecule has 140 valence electrons. The van der Waals surface area contributed by atoms with Gasteiger partial charge < -0.3 is 9.80 Å². The van der Waals surface area contributed by atoms with Gasteiger partial charge in [-0.25, -0.2) is 9.97 Å². The van der Waals surface area contributed by atoms with Crippen LogP contribution in [0.1, 0.15) is 28.0 Å². The average molecular weight is 445 g/mol. The summed E-state index contributed by atoms with van der Waals surface area (Å²) >= 11 is 5.16. The minimum atomic E-state index is 0.0926. The molecule has 5 nitrogen and oxygen atoms in total. The third-order valence-electron chi connectivity index (χ3n) is 4.84. The fourth-order valence-corrected chi connectivity index (χ4v) is 4.64. The van der Waals surface area contributed by atoms with E-state index in [9.17, 15) is 4.79 Å². The second-order valence-corrected chi connectivity index (χ2v) is 8.70. The van der Waals surface area contributed by atoms with Crippen molar-refractivity contribution in [2.45, 2.75) is 20.3 Å². The molecule has 0 bridgehead atoms. The van der Waals surface area contributed by atoms with Gasteiger partial charge in [-0.15, -0.1) is 11.3 Å². The molecule has 0 atom stereocenters. The van der Waals surface area contributed by atoms with Crippen LogP contribution in [0, 0.1) is 6.92 Å². The highest BCUT2D eigenvalue weighted by Crippen LogP contribution is 2.32. The number of carbonyl (C=O) groups is 1. The molecule has 0 unspecified atom stereocenters. The molecule has 1 aromatic carbocycles. The molecule has 0 radical (unpaired) electrons. The van der Waals surface area contributed by atoms with Crippen LogP contribution in [0.25, 0.3) is 10.2 Å². The highest BCUT2D eigenvalue weighted by atomic mass is 79.9. The predicted molar refractivity (Wildman–Crippen MR) is 114 cm³/mol. The van der Waals surface area contributed by atoms with Crippen molar-refractivity contribution < 1.29 is 4.79 Å².